The molecule has 0 radical (unpaired) electrons. The molecule has 2 aromatic rings. The maximum atomic E-state index is 14.0. The zero-order chi connectivity index (χ0) is 42.7. The van der Waals surface area contributed by atoms with Crippen molar-refractivity contribution in [1.29, 1.82) is 0 Å². The normalized spacial score (nSPS) is 17.2. The van der Waals surface area contributed by atoms with Gasteiger partial charge < -0.3 is 33.3 Å². The number of nitrogens with zero attached hydrogens (tertiary/aromatic N) is 3. The average molecular weight is 822 g/mol. The molecule has 0 unspecified atom stereocenters. The van der Waals surface area contributed by atoms with Gasteiger partial charge in [-0.15, -0.1) is 0 Å². The number of carbonyl (C=O) groups excluding carboxylic acids is 5. The number of rotatable bonds is 19. The van der Waals surface area contributed by atoms with Crippen LogP contribution in [-0.4, -0.2) is 116 Å². The molecule has 0 spiro atoms. The number of anilines is 1. The van der Waals surface area contributed by atoms with Crippen molar-refractivity contribution in [1.82, 2.24) is 9.80 Å². The lowest BCUT2D eigenvalue weighted by atomic mass is 10.1. The van der Waals surface area contributed by atoms with Crippen LogP contribution in [0.2, 0.25) is 0 Å². The maximum absolute atomic E-state index is 14.0. The van der Waals surface area contributed by atoms with Gasteiger partial charge in [0.15, 0.2) is 0 Å². The van der Waals surface area contributed by atoms with E-state index in [9.17, 15) is 24.0 Å². The molecule has 14 nitrogen and oxygen atoms in total. The fraction of sp³-hybridized carbons (Fsp3) is 0.622. The first-order valence-electron chi connectivity index (χ1n) is 20.9. The molecule has 2 amide bonds. The zero-order valence-electron chi connectivity index (χ0n) is 35.8. The highest BCUT2D eigenvalue weighted by molar-refractivity contribution is 5.85. The van der Waals surface area contributed by atoms with Crippen LogP contribution in [0.1, 0.15) is 90.7 Å². The third kappa shape index (κ3) is 14.7. The zero-order valence-corrected chi connectivity index (χ0v) is 35.8. The van der Waals surface area contributed by atoms with Crippen molar-refractivity contribution >= 4 is 35.8 Å². The smallest absolute Gasteiger partial charge is 0.410 e. The lowest BCUT2D eigenvalue weighted by Gasteiger charge is -2.32. The first-order chi connectivity index (χ1) is 28.0. The summed E-state index contributed by atoms with van der Waals surface area (Å²) < 4.78 is 34.1. The van der Waals surface area contributed by atoms with Crippen LogP contribution in [0.5, 0.6) is 0 Å². The van der Waals surface area contributed by atoms with E-state index in [2.05, 4.69) is 4.90 Å². The van der Waals surface area contributed by atoms with Gasteiger partial charge in [-0.2, -0.15) is 0 Å². The Bertz CT molecular complexity index is 1710. The molecular weight excluding hydrogens is 759 g/mol. The van der Waals surface area contributed by atoms with Crippen molar-refractivity contribution in [2.75, 3.05) is 51.9 Å². The number of morpholine rings is 1. The van der Waals surface area contributed by atoms with Crippen molar-refractivity contribution in [2.45, 2.75) is 122 Å². The second-order valence-corrected chi connectivity index (χ2v) is 17.6. The molecule has 5 rings (SSSR count). The van der Waals surface area contributed by atoms with Gasteiger partial charge in [0.25, 0.3) is 0 Å². The number of benzene rings is 2. The molecule has 1 aliphatic heterocycles. The molecule has 3 aliphatic rings. The molecule has 14 heteroatoms. The fourth-order valence-corrected chi connectivity index (χ4v) is 6.70. The predicted molar refractivity (Wildman–Crippen MR) is 219 cm³/mol. The minimum Gasteiger partial charge on any atom is -0.464 e. The van der Waals surface area contributed by atoms with Crippen molar-refractivity contribution in [3.05, 3.63) is 65.7 Å². The number of hydrogen-bond donors (Lipinski definition) is 0. The summed E-state index contributed by atoms with van der Waals surface area (Å²) in [7, 11) is 3.02. The van der Waals surface area contributed by atoms with Gasteiger partial charge in [-0.3, -0.25) is 9.80 Å². The van der Waals surface area contributed by atoms with Gasteiger partial charge in [0, 0.05) is 45.7 Å². The van der Waals surface area contributed by atoms with Gasteiger partial charge in [-0.25, -0.2) is 24.0 Å². The highest BCUT2D eigenvalue weighted by Crippen LogP contribution is 2.36. The third-order valence-corrected chi connectivity index (χ3v) is 10.7. The minimum atomic E-state index is -1.27. The van der Waals surface area contributed by atoms with Crippen LogP contribution in [0.15, 0.2) is 54.6 Å². The number of hydrogen-bond acceptors (Lipinski definition) is 12. The Morgan fingerprint density at radius 3 is 1.83 bits per heavy atom. The molecule has 2 aliphatic carbocycles. The lowest BCUT2D eigenvalue weighted by Crippen LogP contribution is -2.48. The van der Waals surface area contributed by atoms with E-state index in [0.29, 0.717) is 32.0 Å². The first-order valence-corrected chi connectivity index (χ1v) is 20.9. The maximum Gasteiger partial charge on any atom is 0.410 e. The standard InChI is InChI=1S/C45H63N3O11/c1-44(2,3)58-42(52)46(6)36(27-31-13-14-31)39(49)55-24-21-45(4,5)59-43(53)47(7)37(28-32-15-16-32)40(50)57-38(41(51)56-30-34-11-9-8-10-12-34)29-33-17-19-35(20-18-33)48-22-25-54-26-23-48/h8-12,17-20,31-32,36-38H,13-16,21-30H2,1-7H3/t36-,37-,38+/m0/s1. The summed E-state index contributed by atoms with van der Waals surface area (Å²) in [5.41, 5.74) is 0.784. The first kappa shape index (κ1) is 45.2. The average Bonchev–Trinajstić information content (AvgIpc) is 4.14. The van der Waals surface area contributed by atoms with Crippen molar-refractivity contribution < 1.29 is 52.4 Å². The van der Waals surface area contributed by atoms with E-state index in [-0.39, 0.29) is 32.0 Å². The Hall–Kier alpha value is -4.85. The van der Waals surface area contributed by atoms with Gasteiger partial charge in [-0.1, -0.05) is 68.1 Å². The van der Waals surface area contributed by atoms with Gasteiger partial charge in [0.1, 0.15) is 29.9 Å². The highest BCUT2D eigenvalue weighted by Gasteiger charge is 2.40. The summed E-state index contributed by atoms with van der Waals surface area (Å²) in [6, 6.07) is 15.2. The second-order valence-electron chi connectivity index (χ2n) is 17.6. The Morgan fingerprint density at radius 1 is 0.712 bits per heavy atom. The lowest BCUT2D eigenvalue weighted by molar-refractivity contribution is -0.171. The Balaban J connectivity index is 1.20. The van der Waals surface area contributed by atoms with Gasteiger partial charge in [-0.05, 0) is 82.6 Å². The van der Waals surface area contributed by atoms with Crippen LogP contribution in [0.4, 0.5) is 15.3 Å². The summed E-state index contributed by atoms with van der Waals surface area (Å²) in [6.07, 6.45) is 2.21. The van der Waals surface area contributed by atoms with E-state index in [1.54, 1.807) is 34.6 Å². The van der Waals surface area contributed by atoms with Gasteiger partial charge in [0.05, 0.1) is 19.8 Å². The summed E-state index contributed by atoms with van der Waals surface area (Å²) >= 11 is 0. The number of amides is 2. The quantitative estimate of drug-likeness (QED) is 0.110. The highest BCUT2D eigenvalue weighted by atomic mass is 16.6. The SMILES string of the molecule is CN(C(=O)OC(C)(C)C)[C@@H](CC1CC1)C(=O)OCCC(C)(C)OC(=O)N(C)[C@@H](CC1CC1)C(=O)O[C@H](Cc1ccc(N2CCOCC2)cc1)C(=O)OCc1ccccc1. The molecule has 0 aromatic heterocycles. The number of ether oxygens (including phenoxy) is 6. The molecular formula is C45H63N3O11. The van der Waals surface area contributed by atoms with Crippen LogP contribution >= 0.6 is 0 Å². The van der Waals surface area contributed by atoms with E-state index in [4.69, 9.17) is 28.4 Å². The van der Waals surface area contributed by atoms with Crippen LogP contribution in [0.25, 0.3) is 0 Å². The van der Waals surface area contributed by atoms with Crippen molar-refractivity contribution in [3.8, 4) is 0 Å². The second kappa shape index (κ2) is 20.4. The molecule has 324 valence electrons. The van der Waals surface area contributed by atoms with E-state index in [0.717, 1.165) is 55.6 Å². The summed E-state index contributed by atoms with van der Waals surface area (Å²) in [5, 5.41) is 0. The Morgan fingerprint density at radius 2 is 1.27 bits per heavy atom. The molecule has 2 aromatic carbocycles. The van der Waals surface area contributed by atoms with Crippen LogP contribution in [-0.2, 0) is 55.8 Å². The van der Waals surface area contributed by atoms with E-state index in [1.165, 1.54) is 23.9 Å². The van der Waals surface area contributed by atoms with Gasteiger partial charge >= 0.3 is 30.1 Å². The molecule has 59 heavy (non-hydrogen) atoms. The predicted octanol–water partition coefficient (Wildman–Crippen LogP) is 6.71. The van der Waals surface area contributed by atoms with Gasteiger partial charge in [0.2, 0.25) is 6.10 Å². The van der Waals surface area contributed by atoms with Crippen LogP contribution < -0.4 is 4.90 Å². The molecule has 3 fully saturated rings. The van der Waals surface area contributed by atoms with E-state index >= 15 is 0 Å². The molecule has 0 bridgehead atoms. The topological polar surface area (TPSA) is 150 Å². The number of carbonyl (C=O) groups is 5. The molecule has 0 N–H and O–H groups in total. The summed E-state index contributed by atoms with van der Waals surface area (Å²) in [5.74, 6) is -1.42. The van der Waals surface area contributed by atoms with E-state index < -0.39 is 59.5 Å². The Labute approximate surface area is 348 Å². The van der Waals surface area contributed by atoms with E-state index in [1.807, 2.05) is 54.6 Å². The number of likely N-dealkylation sites (N-methyl/N-ethyl adjacent to an activating group) is 2. The van der Waals surface area contributed by atoms with Crippen molar-refractivity contribution in [2.24, 2.45) is 11.8 Å². The largest absolute Gasteiger partial charge is 0.464 e. The van der Waals surface area contributed by atoms with Crippen LogP contribution in [0, 0.1) is 11.8 Å². The number of esters is 3. The fourth-order valence-electron chi connectivity index (χ4n) is 6.70. The molecule has 1 heterocycles. The molecule has 3 atom stereocenters. The Kier molecular flexibility index (Phi) is 15.7. The van der Waals surface area contributed by atoms with Crippen molar-refractivity contribution in [3.63, 3.8) is 0 Å². The summed E-state index contributed by atoms with van der Waals surface area (Å²) in [4.78, 5) is 72.1. The molecule has 2 saturated carbocycles. The minimum absolute atomic E-state index is 0.00738. The summed E-state index contributed by atoms with van der Waals surface area (Å²) in [6.45, 7) is 11.5. The monoisotopic (exact) mass is 821 g/mol. The third-order valence-electron chi connectivity index (χ3n) is 10.7. The van der Waals surface area contributed by atoms with Crippen LogP contribution in [0.3, 0.4) is 0 Å². The molecule has 1 saturated heterocycles.